The molecule has 0 fully saturated rings. The Labute approximate surface area is 115 Å². The largest absolute Gasteiger partial charge is 0.493 e. The van der Waals surface area contributed by atoms with Crippen molar-refractivity contribution in [3.8, 4) is 28.5 Å². The number of nitrogens with zero attached hydrogens (tertiary/aromatic N) is 2. The van der Waals surface area contributed by atoms with Crippen LogP contribution in [-0.4, -0.2) is 30.3 Å². The zero-order valence-electron chi connectivity index (χ0n) is 10.2. The maximum absolute atomic E-state index is 5.83. The summed E-state index contributed by atoms with van der Waals surface area (Å²) in [6, 6.07) is 5.59. The molecule has 1 aliphatic rings. The van der Waals surface area contributed by atoms with Gasteiger partial charge in [0.2, 0.25) is 5.28 Å². The Hall–Kier alpha value is -2.01. The van der Waals surface area contributed by atoms with Crippen molar-refractivity contribution in [1.82, 2.24) is 9.97 Å². The topological polar surface area (TPSA) is 53.5 Å². The van der Waals surface area contributed by atoms with Crippen molar-refractivity contribution in [3.63, 3.8) is 0 Å². The van der Waals surface area contributed by atoms with Gasteiger partial charge in [0.05, 0.1) is 13.3 Å². The first-order valence-corrected chi connectivity index (χ1v) is 6.12. The molecule has 1 aromatic carbocycles. The number of fused-ring (bicyclic) bond motifs is 1. The van der Waals surface area contributed by atoms with Crippen LogP contribution in [0.1, 0.15) is 0 Å². The Morgan fingerprint density at radius 3 is 2.79 bits per heavy atom. The SMILES string of the molecule is COc1cnc(Cl)nc1-c1ccc2c(c1)OCCO2. The van der Waals surface area contributed by atoms with E-state index in [-0.39, 0.29) is 5.28 Å². The summed E-state index contributed by atoms with van der Waals surface area (Å²) in [5, 5.41) is 0.172. The molecule has 0 saturated carbocycles. The normalized spacial score (nSPS) is 13.2. The number of halogens is 1. The Kier molecular flexibility index (Phi) is 3.13. The van der Waals surface area contributed by atoms with Crippen LogP contribution in [0.3, 0.4) is 0 Å². The second-order valence-electron chi connectivity index (χ2n) is 3.91. The lowest BCUT2D eigenvalue weighted by Gasteiger charge is -2.19. The van der Waals surface area contributed by atoms with Gasteiger partial charge >= 0.3 is 0 Å². The molecule has 0 saturated heterocycles. The third kappa shape index (κ3) is 2.29. The van der Waals surface area contributed by atoms with E-state index in [1.807, 2.05) is 18.2 Å². The third-order valence-corrected chi connectivity index (χ3v) is 2.94. The third-order valence-electron chi connectivity index (χ3n) is 2.76. The minimum absolute atomic E-state index is 0.172. The first kappa shape index (κ1) is 12.0. The van der Waals surface area contributed by atoms with Gasteiger partial charge in [0, 0.05) is 5.56 Å². The second kappa shape index (κ2) is 4.93. The highest BCUT2D eigenvalue weighted by Gasteiger charge is 2.15. The van der Waals surface area contributed by atoms with Gasteiger partial charge in [0.1, 0.15) is 18.9 Å². The van der Waals surface area contributed by atoms with Crippen molar-refractivity contribution in [3.05, 3.63) is 29.7 Å². The Bertz CT molecular complexity index is 619. The fourth-order valence-electron chi connectivity index (χ4n) is 1.90. The number of methoxy groups -OCH3 is 1. The Morgan fingerprint density at radius 1 is 1.21 bits per heavy atom. The molecule has 0 spiro atoms. The van der Waals surface area contributed by atoms with Crippen molar-refractivity contribution >= 4 is 11.6 Å². The van der Waals surface area contributed by atoms with E-state index >= 15 is 0 Å². The summed E-state index contributed by atoms with van der Waals surface area (Å²) in [7, 11) is 1.56. The highest BCUT2D eigenvalue weighted by molar-refractivity contribution is 6.28. The number of hydrogen-bond donors (Lipinski definition) is 0. The van der Waals surface area contributed by atoms with Gasteiger partial charge in [0.15, 0.2) is 17.2 Å². The second-order valence-corrected chi connectivity index (χ2v) is 4.25. The maximum atomic E-state index is 5.83. The minimum atomic E-state index is 0.172. The molecule has 0 atom stereocenters. The predicted molar refractivity (Wildman–Crippen MR) is 70.0 cm³/mol. The molecule has 3 rings (SSSR count). The summed E-state index contributed by atoms with van der Waals surface area (Å²) in [5.74, 6) is 1.98. The number of hydrogen-bond acceptors (Lipinski definition) is 5. The van der Waals surface area contributed by atoms with Gasteiger partial charge in [-0.05, 0) is 29.8 Å². The first-order valence-electron chi connectivity index (χ1n) is 5.74. The molecule has 98 valence electrons. The van der Waals surface area contributed by atoms with Crippen molar-refractivity contribution in [2.24, 2.45) is 0 Å². The van der Waals surface area contributed by atoms with Crippen molar-refractivity contribution in [1.29, 1.82) is 0 Å². The summed E-state index contributed by atoms with van der Waals surface area (Å²) >= 11 is 5.83. The van der Waals surface area contributed by atoms with Crippen molar-refractivity contribution in [2.75, 3.05) is 20.3 Å². The van der Waals surface area contributed by atoms with Gasteiger partial charge in [-0.25, -0.2) is 9.97 Å². The molecule has 0 N–H and O–H groups in total. The van der Waals surface area contributed by atoms with Crippen LogP contribution in [0.2, 0.25) is 5.28 Å². The van der Waals surface area contributed by atoms with Crippen LogP contribution < -0.4 is 14.2 Å². The number of aromatic nitrogens is 2. The minimum Gasteiger partial charge on any atom is -0.493 e. The number of rotatable bonds is 2. The van der Waals surface area contributed by atoms with Crippen LogP contribution >= 0.6 is 11.6 Å². The fourth-order valence-corrected chi connectivity index (χ4v) is 2.03. The van der Waals surface area contributed by atoms with Gasteiger partial charge in [0.25, 0.3) is 0 Å². The summed E-state index contributed by atoms with van der Waals surface area (Å²) in [6.45, 7) is 1.10. The first-order chi connectivity index (χ1) is 9.28. The standard InChI is InChI=1S/C13H11ClN2O3/c1-17-11-7-15-13(14)16-12(11)8-2-3-9-10(6-8)19-5-4-18-9/h2-3,6-7H,4-5H2,1H3. The molecular formula is C13H11ClN2O3. The molecule has 0 unspecified atom stereocenters. The molecule has 1 aliphatic heterocycles. The van der Waals surface area contributed by atoms with Crippen molar-refractivity contribution < 1.29 is 14.2 Å². The van der Waals surface area contributed by atoms with E-state index in [1.54, 1.807) is 13.3 Å². The van der Waals surface area contributed by atoms with Crippen LogP contribution in [0.25, 0.3) is 11.3 Å². The highest BCUT2D eigenvalue weighted by atomic mass is 35.5. The number of ether oxygens (including phenoxy) is 3. The molecule has 2 heterocycles. The van der Waals surface area contributed by atoms with Crippen LogP contribution in [0, 0.1) is 0 Å². The lowest BCUT2D eigenvalue weighted by Crippen LogP contribution is -2.15. The lowest BCUT2D eigenvalue weighted by molar-refractivity contribution is 0.171. The van der Waals surface area contributed by atoms with E-state index in [4.69, 9.17) is 25.8 Å². The van der Waals surface area contributed by atoms with E-state index in [2.05, 4.69) is 9.97 Å². The molecule has 5 nitrogen and oxygen atoms in total. The van der Waals surface area contributed by atoms with Gasteiger partial charge < -0.3 is 14.2 Å². The highest BCUT2D eigenvalue weighted by Crippen LogP contribution is 2.36. The van der Waals surface area contributed by atoms with Crippen LogP contribution in [-0.2, 0) is 0 Å². The zero-order valence-corrected chi connectivity index (χ0v) is 11.0. The summed E-state index contributed by atoms with van der Waals surface area (Å²) < 4.78 is 16.3. The lowest BCUT2D eigenvalue weighted by atomic mass is 10.1. The van der Waals surface area contributed by atoms with E-state index in [0.717, 1.165) is 11.3 Å². The van der Waals surface area contributed by atoms with Gasteiger partial charge in [-0.2, -0.15) is 0 Å². The van der Waals surface area contributed by atoms with E-state index in [1.165, 1.54) is 0 Å². The molecule has 2 aromatic rings. The predicted octanol–water partition coefficient (Wildman–Crippen LogP) is 2.58. The smallest absolute Gasteiger partial charge is 0.223 e. The molecule has 0 bridgehead atoms. The average Bonchev–Trinajstić information content (AvgIpc) is 2.46. The molecule has 0 amide bonds. The van der Waals surface area contributed by atoms with Gasteiger partial charge in [-0.3, -0.25) is 0 Å². The molecule has 1 aromatic heterocycles. The Morgan fingerprint density at radius 2 is 2.00 bits per heavy atom. The number of benzene rings is 1. The van der Waals surface area contributed by atoms with Gasteiger partial charge in [-0.1, -0.05) is 0 Å². The van der Waals surface area contributed by atoms with Crippen LogP contribution in [0.15, 0.2) is 24.4 Å². The van der Waals surface area contributed by atoms with Crippen LogP contribution in [0.5, 0.6) is 17.2 Å². The molecule has 6 heteroatoms. The molecule has 19 heavy (non-hydrogen) atoms. The maximum Gasteiger partial charge on any atom is 0.223 e. The molecular weight excluding hydrogens is 268 g/mol. The zero-order chi connectivity index (χ0) is 13.2. The average molecular weight is 279 g/mol. The summed E-state index contributed by atoms with van der Waals surface area (Å²) in [6.07, 6.45) is 1.54. The van der Waals surface area contributed by atoms with E-state index in [0.29, 0.717) is 30.4 Å². The van der Waals surface area contributed by atoms with E-state index in [9.17, 15) is 0 Å². The summed E-state index contributed by atoms with van der Waals surface area (Å²) in [4.78, 5) is 8.09. The van der Waals surface area contributed by atoms with Crippen molar-refractivity contribution in [2.45, 2.75) is 0 Å². The quantitative estimate of drug-likeness (QED) is 0.790. The van der Waals surface area contributed by atoms with Crippen LogP contribution in [0.4, 0.5) is 0 Å². The molecule has 0 radical (unpaired) electrons. The fraction of sp³-hybridized carbons (Fsp3) is 0.231. The van der Waals surface area contributed by atoms with E-state index < -0.39 is 0 Å². The molecule has 0 aliphatic carbocycles. The van der Waals surface area contributed by atoms with Gasteiger partial charge in [-0.15, -0.1) is 0 Å². The Balaban J connectivity index is 2.09. The summed E-state index contributed by atoms with van der Waals surface area (Å²) in [5.41, 5.74) is 1.46. The monoisotopic (exact) mass is 278 g/mol.